The van der Waals surface area contributed by atoms with Gasteiger partial charge in [-0.05, 0) is 20.8 Å². The van der Waals surface area contributed by atoms with Crippen molar-refractivity contribution in [3.05, 3.63) is 17.5 Å². The molecular weight excluding hydrogens is 216 g/mol. The highest BCUT2D eigenvalue weighted by Gasteiger charge is 2.29. The van der Waals surface area contributed by atoms with Gasteiger partial charge in [0.05, 0.1) is 11.2 Å². The Morgan fingerprint density at radius 1 is 1.67 bits per heavy atom. The highest BCUT2D eigenvalue weighted by Crippen LogP contribution is 2.17. The minimum atomic E-state index is -0.403. The van der Waals surface area contributed by atoms with Gasteiger partial charge in [-0.3, -0.25) is 4.79 Å². The van der Waals surface area contributed by atoms with Gasteiger partial charge in [-0.25, -0.2) is 0 Å². The third-order valence-electron chi connectivity index (χ3n) is 2.38. The average Bonchev–Trinajstić information content (AvgIpc) is 2.62. The molecule has 0 aliphatic rings. The Kier molecular flexibility index (Phi) is 3.39. The third kappa shape index (κ3) is 2.50. The molecule has 84 valence electrons. The van der Waals surface area contributed by atoms with Crippen LogP contribution in [0.2, 0.25) is 0 Å². The maximum atomic E-state index is 11.9. The van der Waals surface area contributed by atoms with Crippen LogP contribution in [0, 0.1) is 6.92 Å². The van der Waals surface area contributed by atoms with Crippen molar-refractivity contribution >= 4 is 17.5 Å². The number of hydrogen-bond donors (Lipinski definition) is 0. The highest BCUT2D eigenvalue weighted by atomic mass is 35.5. The minimum absolute atomic E-state index is 0.207. The van der Waals surface area contributed by atoms with Crippen LogP contribution in [-0.2, 0) is 0 Å². The van der Waals surface area contributed by atoms with Crippen LogP contribution >= 0.6 is 11.6 Å². The molecule has 0 bridgehead atoms. The molecule has 0 aromatic carbocycles. The Hall–Kier alpha value is -1.03. The number of carbonyl (C=O) groups is 1. The molecule has 0 aliphatic carbocycles. The molecule has 15 heavy (non-hydrogen) atoms. The van der Waals surface area contributed by atoms with Crippen molar-refractivity contribution in [1.29, 1.82) is 0 Å². The van der Waals surface area contributed by atoms with E-state index in [1.807, 2.05) is 13.8 Å². The SMILES string of the molecule is Cc1cc(C(=O)N(C)C(C)(C)CCl)on1. The number of rotatable bonds is 3. The fourth-order valence-electron chi connectivity index (χ4n) is 0.994. The van der Waals surface area contributed by atoms with Gasteiger partial charge in [-0.2, -0.15) is 0 Å². The average molecular weight is 231 g/mol. The van der Waals surface area contributed by atoms with Gasteiger partial charge in [-0.1, -0.05) is 5.16 Å². The van der Waals surface area contributed by atoms with Crippen LogP contribution in [-0.4, -0.2) is 34.4 Å². The summed E-state index contributed by atoms with van der Waals surface area (Å²) < 4.78 is 4.90. The van der Waals surface area contributed by atoms with Crippen LogP contribution in [0.5, 0.6) is 0 Å². The number of aryl methyl sites for hydroxylation is 1. The molecule has 0 atom stereocenters. The Labute approximate surface area is 94.2 Å². The van der Waals surface area contributed by atoms with Gasteiger partial charge in [0, 0.05) is 19.0 Å². The Morgan fingerprint density at radius 3 is 2.67 bits per heavy atom. The molecule has 1 amide bonds. The second-order valence-electron chi connectivity index (χ2n) is 4.14. The summed E-state index contributed by atoms with van der Waals surface area (Å²) >= 11 is 5.78. The van der Waals surface area contributed by atoms with Gasteiger partial charge in [0.25, 0.3) is 5.91 Å². The van der Waals surface area contributed by atoms with E-state index in [2.05, 4.69) is 5.16 Å². The van der Waals surface area contributed by atoms with E-state index in [0.717, 1.165) is 0 Å². The molecule has 1 aromatic heterocycles. The predicted molar refractivity (Wildman–Crippen MR) is 58.1 cm³/mol. The van der Waals surface area contributed by atoms with Gasteiger partial charge >= 0.3 is 0 Å². The zero-order chi connectivity index (χ0) is 11.6. The summed E-state index contributed by atoms with van der Waals surface area (Å²) in [4.78, 5) is 13.5. The largest absolute Gasteiger partial charge is 0.351 e. The van der Waals surface area contributed by atoms with Crippen molar-refractivity contribution < 1.29 is 9.32 Å². The molecular formula is C10H15ClN2O2. The lowest BCUT2D eigenvalue weighted by molar-refractivity contribution is 0.0617. The quantitative estimate of drug-likeness (QED) is 0.747. The third-order valence-corrected chi connectivity index (χ3v) is 3.03. The first-order chi connectivity index (χ1) is 6.88. The number of carbonyl (C=O) groups excluding carboxylic acids is 1. The summed E-state index contributed by atoms with van der Waals surface area (Å²) in [6.45, 7) is 5.55. The van der Waals surface area contributed by atoms with Crippen LogP contribution in [0.15, 0.2) is 10.6 Å². The molecule has 1 rings (SSSR count). The summed E-state index contributed by atoms with van der Waals surface area (Å²) in [5, 5.41) is 3.67. The highest BCUT2D eigenvalue weighted by molar-refractivity contribution is 6.18. The second-order valence-corrected chi connectivity index (χ2v) is 4.41. The lowest BCUT2D eigenvalue weighted by Crippen LogP contribution is -2.46. The number of halogens is 1. The topological polar surface area (TPSA) is 46.3 Å². The van der Waals surface area contributed by atoms with E-state index < -0.39 is 5.54 Å². The van der Waals surface area contributed by atoms with Gasteiger partial charge in [0.1, 0.15) is 0 Å². The standard InChI is InChI=1S/C10H15ClN2O2/c1-7-5-8(15-12-7)9(14)13(4)10(2,3)6-11/h5H,6H2,1-4H3. The Bertz CT molecular complexity index is 360. The van der Waals surface area contributed by atoms with Crippen molar-refractivity contribution in [3.8, 4) is 0 Å². The Balaban J connectivity index is 2.86. The van der Waals surface area contributed by atoms with E-state index in [9.17, 15) is 4.79 Å². The molecule has 0 saturated carbocycles. The second kappa shape index (κ2) is 4.23. The van der Waals surface area contributed by atoms with Crippen molar-refractivity contribution in [2.24, 2.45) is 0 Å². The van der Waals surface area contributed by atoms with E-state index in [1.54, 1.807) is 24.9 Å². The fourth-order valence-corrected chi connectivity index (χ4v) is 1.17. The van der Waals surface area contributed by atoms with Gasteiger partial charge in [0.15, 0.2) is 0 Å². The molecule has 0 N–H and O–H groups in total. The summed E-state index contributed by atoms with van der Waals surface area (Å²) in [7, 11) is 1.70. The van der Waals surface area contributed by atoms with Crippen LogP contribution in [0.3, 0.4) is 0 Å². The van der Waals surface area contributed by atoms with Crippen LogP contribution in [0.25, 0.3) is 0 Å². The van der Waals surface area contributed by atoms with E-state index >= 15 is 0 Å². The molecule has 1 heterocycles. The van der Waals surface area contributed by atoms with E-state index in [-0.39, 0.29) is 11.7 Å². The normalized spacial score (nSPS) is 11.5. The first kappa shape index (κ1) is 12.0. The molecule has 0 fully saturated rings. The zero-order valence-electron chi connectivity index (χ0n) is 9.37. The summed E-state index contributed by atoms with van der Waals surface area (Å²) in [6.07, 6.45) is 0. The Morgan fingerprint density at radius 2 is 2.27 bits per heavy atom. The smallest absolute Gasteiger partial charge is 0.292 e. The predicted octanol–water partition coefficient (Wildman–Crippen LogP) is 2.07. The number of nitrogens with zero attached hydrogens (tertiary/aromatic N) is 2. The maximum Gasteiger partial charge on any atom is 0.292 e. The molecule has 0 radical (unpaired) electrons. The number of amides is 1. The number of hydrogen-bond acceptors (Lipinski definition) is 3. The van der Waals surface area contributed by atoms with Crippen molar-refractivity contribution in [3.63, 3.8) is 0 Å². The molecule has 5 heteroatoms. The van der Waals surface area contributed by atoms with E-state index in [4.69, 9.17) is 16.1 Å². The molecule has 0 saturated heterocycles. The first-order valence-electron chi connectivity index (χ1n) is 4.66. The summed E-state index contributed by atoms with van der Waals surface area (Å²) in [5.41, 5.74) is 0.287. The van der Waals surface area contributed by atoms with Crippen LogP contribution in [0.4, 0.5) is 0 Å². The first-order valence-corrected chi connectivity index (χ1v) is 5.19. The van der Waals surface area contributed by atoms with Crippen molar-refractivity contribution in [1.82, 2.24) is 10.1 Å². The van der Waals surface area contributed by atoms with E-state index in [0.29, 0.717) is 11.6 Å². The van der Waals surface area contributed by atoms with Crippen LogP contribution < -0.4 is 0 Å². The summed E-state index contributed by atoms with van der Waals surface area (Å²) in [6, 6.07) is 1.61. The van der Waals surface area contributed by atoms with E-state index in [1.165, 1.54) is 0 Å². The molecule has 1 aromatic rings. The van der Waals surface area contributed by atoms with Gasteiger partial charge < -0.3 is 9.42 Å². The minimum Gasteiger partial charge on any atom is -0.351 e. The zero-order valence-corrected chi connectivity index (χ0v) is 10.1. The summed E-state index contributed by atoms with van der Waals surface area (Å²) in [5.74, 6) is 0.400. The molecule has 0 aliphatic heterocycles. The number of alkyl halides is 1. The van der Waals surface area contributed by atoms with Crippen LogP contribution in [0.1, 0.15) is 30.1 Å². The molecule has 0 unspecified atom stereocenters. The molecule has 0 spiro atoms. The van der Waals surface area contributed by atoms with Crippen molar-refractivity contribution in [2.75, 3.05) is 12.9 Å². The fraction of sp³-hybridized carbons (Fsp3) is 0.600. The number of aromatic nitrogens is 1. The lowest BCUT2D eigenvalue weighted by Gasteiger charge is -2.32. The lowest BCUT2D eigenvalue weighted by atomic mass is 10.1. The monoisotopic (exact) mass is 230 g/mol. The van der Waals surface area contributed by atoms with Crippen molar-refractivity contribution in [2.45, 2.75) is 26.3 Å². The molecule has 4 nitrogen and oxygen atoms in total. The maximum absolute atomic E-state index is 11.9. The van der Waals surface area contributed by atoms with Gasteiger partial charge in [0.2, 0.25) is 5.76 Å². The van der Waals surface area contributed by atoms with Gasteiger partial charge in [-0.15, -0.1) is 11.6 Å².